The highest BCUT2D eigenvalue weighted by Crippen LogP contribution is 2.18. The molecule has 0 aliphatic heterocycles. The summed E-state index contributed by atoms with van der Waals surface area (Å²) in [5.41, 5.74) is 2.85. The summed E-state index contributed by atoms with van der Waals surface area (Å²) >= 11 is 0. The quantitative estimate of drug-likeness (QED) is 0.840. The van der Waals surface area contributed by atoms with E-state index in [0.717, 1.165) is 16.7 Å². The van der Waals surface area contributed by atoms with Crippen molar-refractivity contribution in [1.29, 1.82) is 0 Å². The van der Waals surface area contributed by atoms with E-state index in [1.807, 2.05) is 13.8 Å². The minimum Gasteiger partial charge on any atom is -0.478 e. The van der Waals surface area contributed by atoms with Crippen LogP contribution in [0.15, 0.2) is 24.8 Å². The Kier molecular flexibility index (Phi) is 5.32. The first kappa shape index (κ1) is 15.8. The Morgan fingerprint density at radius 1 is 1.35 bits per heavy atom. The number of aryl methyl sites for hydroxylation is 2. The van der Waals surface area contributed by atoms with Crippen LogP contribution in [0.2, 0.25) is 0 Å². The van der Waals surface area contributed by atoms with Crippen molar-refractivity contribution in [2.45, 2.75) is 20.4 Å². The molecular formula is C15H19NO4. The predicted molar refractivity (Wildman–Crippen MR) is 75.9 cm³/mol. The van der Waals surface area contributed by atoms with Gasteiger partial charge in [0.1, 0.15) is 6.61 Å². The molecule has 1 aromatic rings. The van der Waals surface area contributed by atoms with E-state index in [2.05, 4.69) is 6.58 Å². The Morgan fingerprint density at radius 3 is 2.35 bits per heavy atom. The number of carboxylic acids is 1. The molecule has 0 aliphatic rings. The second-order valence-electron chi connectivity index (χ2n) is 4.62. The fourth-order valence-electron chi connectivity index (χ4n) is 1.91. The van der Waals surface area contributed by atoms with E-state index in [-0.39, 0.29) is 12.2 Å². The molecule has 0 saturated carbocycles. The monoisotopic (exact) mass is 277 g/mol. The van der Waals surface area contributed by atoms with Crippen LogP contribution in [0, 0.1) is 13.8 Å². The predicted octanol–water partition coefficient (Wildman–Crippen LogP) is 2.76. The van der Waals surface area contributed by atoms with Crippen molar-refractivity contribution in [2.75, 3.05) is 13.7 Å². The van der Waals surface area contributed by atoms with Gasteiger partial charge >= 0.3 is 12.1 Å². The Bertz CT molecular complexity index is 514. The van der Waals surface area contributed by atoms with Crippen LogP contribution < -0.4 is 0 Å². The third-order valence-electron chi connectivity index (χ3n) is 2.97. The lowest BCUT2D eigenvalue weighted by Crippen LogP contribution is -2.27. The molecule has 5 nitrogen and oxygen atoms in total. The highest BCUT2D eigenvalue weighted by atomic mass is 16.6. The molecule has 0 fully saturated rings. The Balaban J connectivity index is 2.90. The summed E-state index contributed by atoms with van der Waals surface area (Å²) in [6.07, 6.45) is 1.06. The smallest absolute Gasteiger partial charge is 0.410 e. The van der Waals surface area contributed by atoms with Gasteiger partial charge in [0, 0.05) is 13.6 Å². The molecule has 108 valence electrons. The van der Waals surface area contributed by atoms with Crippen LogP contribution in [-0.4, -0.2) is 35.7 Å². The lowest BCUT2D eigenvalue weighted by atomic mass is 9.99. The molecule has 5 heteroatoms. The van der Waals surface area contributed by atoms with E-state index in [1.165, 1.54) is 11.0 Å². The summed E-state index contributed by atoms with van der Waals surface area (Å²) < 4.78 is 4.94. The molecule has 0 spiro atoms. The number of rotatable bonds is 5. The molecule has 1 N–H and O–H groups in total. The van der Waals surface area contributed by atoms with Crippen molar-refractivity contribution in [3.8, 4) is 0 Å². The molecule has 1 amide bonds. The zero-order valence-corrected chi connectivity index (χ0v) is 12.0. The van der Waals surface area contributed by atoms with Gasteiger partial charge in [-0.3, -0.25) is 0 Å². The molecule has 0 radical (unpaired) electrons. The molecule has 0 unspecified atom stereocenters. The standard InChI is InChI=1S/C15H19NO4/c1-5-6-20-15(19)16(4)9-13-10(2)7-12(14(17)18)8-11(13)3/h5,7-8H,1,6,9H2,2-4H3,(H,17,18). The third-order valence-corrected chi connectivity index (χ3v) is 2.97. The van der Waals surface area contributed by atoms with Gasteiger partial charge in [-0.25, -0.2) is 9.59 Å². The van der Waals surface area contributed by atoms with Crippen LogP contribution in [0.1, 0.15) is 27.0 Å². The first-order valence-corrected chi connectivity index (χ1v) is 6.19. The minimum atomic E-state index is -0.957. The number of carbonyl (C=O) groups is 2. The number of benzene rings is 1. The largest absolute Gasteiger partial charge is 0.478 e. The maximum atomic E-state index is 11.7. The highest BCUT2D eigenvalue weighted by Gasteiger charge is 2.15. The number of aromatic carboxylic acids is 1. The number of carbonyl (C=O) groups excluding carboxylic acids is 1. The zero-order valence-electron chi connectivity index (χ0n) is 12.0. The Hall–Kier alpha value is -2.30. The molecule has 1 rings (SSSR count). The van der Waals surface area contributed by atoms with Crippen molar-refractivity contribution in [3.63, 3.8) is 0 Å². The lowest BCUT2D eigenvalue weighted by molar-refractivity contribution is 0.0696. The van der Waals surface area contributed by atoms with E-state index in [4.69, 9.17) is 9.84 Å². The number of amides is 1. The third kappa shape index (κ3) is 3.85. The number of ether oxygens (including phenoxy) is 1. The van der Waals surface area contributed by atoms with Crippen molar-refractivity contribution >= 4 is 12.1 Å². The summed E-state index contributed by atoms with van der Waals surface area (Å²) in [4.78, 5) is 24.1. The van der Waals surface area contributed by atoms with E-state index >= 15 is 0 Å². The van der Waals surface area contributed by atoms with Crippen LogP contribution in [-0.2, 0) is 11.3 Å². The van der Waals surface area contributed by atoms with E-state index in [9.17, 15) is 9.59 Å². The summed E-state index contributed by atoms with van der Waals surface area (Å²) in [6.45, 7) is 7.68. The van der Waals surface area contributed by atoms with Gasteiger partial charge in [0.2, 0.25) is 0 Å². The fraction of sp³-hybridized carbons (Fsp3) is 0.333. The lowest BCUT2D eigenvalue weighted by Gasteiger charge is -2.19. The van der Waals surface area contributed by atoms with Crippen molar-refractivity contribution in [1.82, 2.24) is 4.90 Å². The molecule has 0 bridgehead atoms. The first-order valence-electron chi connectivity index (χ1n) is 6.19. The second-order valence-corrected chi connectivity index (χ2v) is 4.62. The van der Waals surface area contributed by atoms with Gasteiger partial charge in [0.05, 0.1) is 5.56 Å². The molecular weight excluding hydrogens is 258 g/mol. The summed E-state index contributed by atoms with van der Waals surface area (Å²) in [6, 6.07) is 3.21. The average Bonchev–Trinajstić information content (AvgIpc) is 2.39. The SMILES string of the molecule is C=CCOC(=O)N(C)Cc1c(C)cc(C(=O)O)cc1C. The van der Waals surface area contributed by atoms with Crippen LogP contribution in [0.25, 0.3) is 0 Å². The van der Waals surface area contributed by atoms with Gasteiger partial charge in [-0.05, 0) is 42.7 Å². The second kappa shape index (κ2) is 6.75. The molecule has 0 aliphatic carbocycles. The molecule has 0 saturated heterocycles. The van der Waals surface area contributed by atoms with E-state index in [0.29, 0.717) is 6.54 Å². The van der Waals surface area contributed by atoms with E-state index < -0.39 is 12.1 Å². The first-order chi connectivity index (χ1) is 9.36. The summed E-state index contributed by atoms with van der Waals surface area (Å²) in [5, 5.41) is 9.00. The topological polar surface area (TPSA) is 66.8 Å². The molecule has 0 aromatic heterocycles. The number of hydrogen-bond acceptors (Lipinski definition) is 3. The minimum absolute atomic E-state index is 0.166. The number of carboxylic acid groups (broad SMARTS) is 1. The van der Waals surface area contributed by atoms with E-state index in [1.54, 1.807) is 19.2 Å². The Morgan fingerprint density at radius 2 is 1.90 bits per heavy atom. The van der Waals surface area contributed by atoms with Crippen LogP contribution in [0.3, 0.4) is 0 Å². The van der Waals surface area contributed by atoms with Crippen molar-refractivity contribution in [2.24, 2.45) is 0 Å². The molecule has 1 aromatic carbocycles. The van der Waals surface area contributed by atoms with Gasteiger partial charge in [-0.15, -0.1) is 0 Å². The van der Waals surface area contributed by atoms with Gasteiger partial charge < -0.3 is 14.7 Å². The summed E-state index contributed by atoms with van der Waals surface area (Å²) in [7, 11) is 1.63. The Labute approximate surface area is 118 Å². The summed E-state index contributed by atoms with van der Waals surface area (Å²) in [5.74, 6) is -0.957. The maximum absolute atomic E-state index is 11.7. The fourth-order valence-corrected chi connectivity index (χ4v) is 1.91. The van der Waals surface area contributed by atoms with Crippen molar-refractivity contribution in [3.05, 3.63) is 47.0 Å². The number of hydrogen-bond donors (Lipinski definition) is 1. The van der Waals surface area contributed by atoms with Gasteiger partial charge in [0.25, 0.3) is 0 Å². The molecule has 0 heterocycles. The average molecular weight is 277 g/mol. The molecule has 0 atom stereocenters. The maximum Gasteiger partial charge on any atom is 0.410 e. The van der Waals surface area contributed by atoms with Crippen LogP contribution in [0.5, 0.6) is 0 Å². The molecule has 20 heavy (non-hydrogen) atoms. The van der Waals surface area contributed by atoms with Crippen LogP contribution in [0.4, 0.5) is 4.79 Å². The normalized spacial score (nSPS) is 9.95. The van der Waals surface area contributed by atoms with Gasteiger partial charge in [-0.1, -0.05) is 12.7 Å². The van der Waals surface area contributed by atoms with Gasteiger partial charge in [-0.2, -0.15) is 0 Å². The van der Waals surface area contributed by atoms with Crippen LogP contribution >= 0.6 is 0 Å². The number of nitrogens with zero attached hydrogens (tertiary/aromatic N) is 1. The van der Waals surface area contributed by atoms with Crippen molar-refractivity contribution < 1.29 is 19.4 Å². The zero-order chi connectivity index (χ0) is 15.3. The highest BCUT2D eigenvalue weighted by molar-refractivity contribution is 5.88. The van der Waals surface area contributed by atoms with Gasteiger partial charge in [0.15, 0.2) is 0 Å².